The van der Waals surface area contributed by atoms with Crippen molar-refractivity contribution in [2.45, 2.75) is 31.9 Å². The molecule has 0 aliphatic carbocycles. The average molecular weight is 359 g/mol. The number of nitrogens with two attached hydrogens (primary N) is 2. The van der Waals surface area contributed by atoms with Gasteiger partial charge in [0.1, 0.15) is 0 Å². The fraction of sp³-hybridized carbons (Fsp3) is 0.316. The molecule has 0 heterocycles. The Morgan fingerprint density at radius 2 is 1.42 bits per heavy atom. The highest BCUT2D eigenvalue weighted by atomic mass is 32.1. The summed E-state index contributed by atoms with van der Waals surface area (Å²) < 4.78 is 6.64. The van der Waals surface area contributed by atoms with Crippen LogP contribution in [0, 0.1) is 0 Å². The van der Waals surface area contributed by atoms with Crippen molar-refractivity contribution in [2.75, 3.05) is 6.61 Å². The fourth-order valence-electron chi connectivity index (χ4n) is 3.06. The second-order valence-corrected chi connectivity index (χ2v) is 11.8. The van der Waals surface area contributed by atoms with Gasteiger partial charge in [-0.2, -0.15) is 0 Å². The van der Waals surface area contributed by atoms with Crippen molar-refractivity contribution in [1.82, 2.24) is 0 Å². The van der Waals surface area contributed by atoms with Crippen LogP contribution in [0.2, 0.25) is 5.04 Å². The van der Waals surface area contributed by atoms with Gasteiger partial charge in [-0.3, -0.25) is 0 Å². The van der Waals surface area contributed by atoms with E-state index in [0.717, 1.165) is 0 Å². The number of rotatable bonds is 6. The molecule has 24 heavy (non-hydrogen) atoms. The van der Waals surface area contributed by atoms with Crippen molar-refractivity contribution >= 4 is 35.9 Å². The molecule has 0 fully saturated rings. The second-order valence-electron chi connectivity index (χ2n) is 6.98. The van der Waals surface area contributed by atoms with Crippen LogP contribution < -0.4 is 21.8 Å². The summed E-state index contributed by atoms with van der Waals surface area (Å²) in [6.45, 7) is 7.01. The molecular weight excluding hydrogens is 332 g/mol. The molecule has 2 aromatic rings. The first-order chi connectivity index (χ1) is 11.3. The second kappa shape index (κ2) is 7.57. The van der Waals surface area contributed by atoms with Gasteiger partial charge in [0.2, 0.25) is 0 Å². The molecule has 0 aromatic heterocycles. The van der Waals surface area contributed by atoms with Gasteiger partial charge in [0.15, 0.2) is 0 Å². The maximum Gasteiger partial charge on any atom is 0.261 e. The Labute approximate surface area is 151 Å². The topological polar surface area (TPSA) is 61.3 Å². The molecule has 0 unspecified atom stereocenters. The molecule has 128 valence electrons. The van der Waals surface area contributed by atoms with E-state index >= 15 is 0 Å². The van der Waals surface area contributed by atoms with Gasteiger partial charge < -0.3 is 15.9 Å². The highest BCUT2D eigenvalue weighted by Crippen LogP contribution is 2.36. The predicted molar refractivity (Wildman–Crippen MR) is 108 cm³/mol. The van der Waals surface area contributed by atoms with E-state index in [0.29, 0.717) is 6.61 Å². The predicted octanol–water partition coefficient (Wildman–Crippen LogP) is 2.18. The molecule has 0 aliphatic heterocycles. The summed E-state index contributed by atoms with van der Waals surface area (Å²) in [5, 5.41) is 2.36. The minimum absolute atomic E-state index is 0.0777. The summed E-state index contributed by atoms with van der Waals surface area (Å²) in [5.41, 5.74) is 11.7. The molecule has 0 aliphatic rings. The van der Waals surface area contributed by atoms with Gasteiger partial charge in [-0.1, -0.05) is 93.7 Å². The van der Waals surface area contributed by atoms with Crippen molar-refractivity contribution in [3.8, 4) is 0 Å². The Bertz CT molecular complexity index is 631. The summed E-state index contributed by atoms with van der Waals surface area (Å²) >= 11 is 5.02. The summed E-state index contributed by atoms with van der Waals surface area (Å²) in [6.07, 6.45) is 0. The molecule has 0 radical (unpaired) electrons. The lowest BCUT2D eigenvalue weighted by Gasteiger charge is -2.43. The summed E-state index contributed by atoms with van der Waals surface area (Å²) in [6, 6.07) is 20.4. The lowest BCUT2D eigenvalue weighted by atomic mass is 10.2. The Morgan fingerprint density at radius 1 is 1.00 bits per heavy atom. The standard InChI is InChI=1S/C19H26N2OSSi/c1-19(2,3)24(15-10-6-4-7-11-15,16-12-8-5-9-13-16)22-14-17(20)18(21)23/h4-13,17H,14,20H2,1-3H3,(H2,21,23)/t17-/m0/s1. The lowest BCUT2D eigenvalue weighted by Crippen LogP contribution is -2.67. The fourth-order valence-corrected chi connectivity index (χ4v) is 7.71. The van der Waals surface area contributed by atoms with E-state index in [1.807, 2.05) is 12.1 Å². The van der Waals surface area contributed by atoms with Crippen LogP contribution in [0.25, 0.3) is 0 Å². The molecule has 3 nitrogen and oxygen atoms in total. The zero-order valence-electron chi connectivity index (χ0n) is 14.5. The SMILES string of the molecule is CC(C)(C)[Si](OC[C@H](N)C(N)=S)(c1ccccc1)c1ccccc1. The van der Waals surface area contributed by atoms with E-state index in [4.69, 9.17) is 28.1 Å². The highest BCUT2D eigenvalue weighted by molar-refractivity contribution is 7.80. The van der Waals surface area contributed by atoms with Crippen LogP contribution in [0.4, 0.5) is 0 Å². The largest absolute Gasteiger partial charge is 0.405 e. The molecule has 0 saturated carbocycles. The molecule has 1 atom stereocenters. The third-order valence-electron chi connectivity index (χ3n) is 4.26. The molecule has 0 spiro atoms. The van der Waals surface area contributed by atoms with Crippen molar-refractivity contribution in [3.63, 3.8) is 0 Å². The van der Waals surface area contributed by atoms with Crippen LogP contribution in [0.1, 0.15) is 20.8 Å². The molecule has 2 aromatic carbocycles. The minimum Gasteiger partial charge on any atom is -0.405 e. The first-order valence-corrected chi connectivity index (χ1v) is 10.4. The summed E-state index contributed by atoms with van der Waals surface area (Å²) in [4.78, 5) is 0.285. The molecule has 0 saturated heterocycles. The number of thiocarbonyl (C=S) groups is 1. The third-order valence-corrected chi connectivity index (χ3v) is 9.57. The normalized spacial score (nSPS) is 13.5. The number of hydrogen-bond acceptors (Lipinski definition) is 3. The molecule has 0 bridgehead atoms. The van der Waals surface area contributed by atoms with Crippen LogP contribution in [0.15, 0.2) is 60.7 Å². The monoisotopic (exact) mass is 358 g/mol. The smallest absolute Gasteiger partial charge is 0.261 e. The Kier molecular flexibility index (Phi) is 5.93. The van der Waals surface area contributed by atoms with Crippen LogP contribution >= 0.6 is 12.2 Å². The molecule has 5 heteroatoms. The van der Waals surface area contributed by atoms with Gasteiger partial charge in [0, 0.05) is 0 Å². The highest BCUT2D eigenvalue weighted by Gasteiger charge is 2.50. The van der Waals surface area contributed by atoms with Crippen molar-refractivity contribution < 1.29 is 4.43 Å². The van der Waals surface area contributed by atoms with Gasteiger partial charge in [-0.25, -0.2) is 0 Å². The van der Waals surface area contributed by atoms with E-state index in [-0.39, 0.29) is 10.0 Å². The van der Waals surface area contributed by atoms with Crippen molar-refractivity contribution in [2.24, 2.45) is 11.5 Å². The Balaban J connectivity index is 2.59. The summed E-state index contributed by atoms with van der Waals surface area (Å²) in [7, 11) is -2.55. The van der Waals surface area contributed by atoms with Crippen molar-refractivity contribution in [1.29, 1.82) is 0 Å². The van der Waals surface area contributed by atoms with Crippen LogP contribution in [0.5, 0.6) is 0 Å². The van der Waals surface area contributed by atoms with Gasteiger partial charge >= 0.3 is 0 Å². The van der Waals surface area contributed by atoms with Gasteiger partial charge in [0.25, 0.3) is 8.32 Å². The summed E-state index contributed by atoms with van der Waals surface area (Å²) in [5.74, 6) is 0. The zero-order valence-corrected chi connectivity index (χ0v) is 16.3. The van der Waals surface area contributed by atoms with Gasteiger partial charge in [0.05, 0.1) is 17.6 Å². The quantitative estimate of drug-likeness (QED) is 0.614. The van der Waals surface area contributed by atoms with E-state index in [9.17, 15) is 0 Å². The lowest BCUT2D eigenvalue weighted by molar-refractivity contribution is 0.293. The van der Waals surface area contributed by atoms with Gasteiger partial charge in [-0.05, 0) is 15.4 Å². The van der Waals surface area contributed by atoms with E-state index in [1.54, 1.807) is 0 Å². The molecule has 2 rings (SSSR count). The molecule has 0 amide bonds. The first-order valence-electron chi connectivity index (χ1n) is 8.09. The third kappa shape index (κ3) is 3.75. The van der Waals surface area contributed by atoms with E-state index < -0.39 is 14.4 Å². The number of benzene rings is 2. The van der Waals surface area contributed by atoms with E-state index in [2.05, 4.69) is 69.3 Å². The minimum atomic E-state index is -2.55. The zero-order chi connectivity index (χ0) is 17.8. The average Bonchev–Trinajstić information content (AvgIpc) is 2.56. The molecular formula is C19H26N2OSSi. The van der Waals surface area contributed by atoms with Crippen molar-refractivity contribution in [3.05, 3.63) is 60.7 Å². The van der Waals surface area contributed by atoms with Gasteiger partial charge in [-0.15, -0.1) is 0 Å². The maximum atomic E-state index is 6.64. The Morgan fingerprint density at radius 3 is 1.75 bits per heavy atom. The Hall–Kier alpha value is -1.53. The van der Waals surface area contributed by atoms with Crippen LogP contribution in [-0.2, 0) is 4.43 Å². The number of hydrogen-bond donors (Lipinski definition) is 2. The molecule has 4 N–H and O–H groups in total. The van der Waals surface area contributed by atoms with Crippen LogP contribution in [0.3, 0.4) is 0 Å². The first kappa shape index (κ1) is 18.8. The van der Waals surface area contributed by atoms with Crippen LogP contribution in [-0.4, -0.2) is 26.0 Å². The van der Waals surface area contributed by atoms with E-state index in [1.165, 1.54) is 10.4 Å². The maximum absolute atomic E-state index is 6.64.